The van der Waals surface area contributed by atoms with Crippen LogP contribution in [-0.4, -0.2) is 16.3 Å². The zero-order chi connectivity index (χ0) is 16.9. The second-order valence-corrected chi connectivity index (χ2v) is 6.19. The minimum atomic E-state index is 0.883. The predicted molar refractivity (Wildman–Crippen MR) is 103 cm³/mol. The standard InChI is InChI=1S/C22H21N3/c1-2-10-21(11-3-1)25-17-18(15-24-25)13-14-23-16-20-9-6-8-19-7-4-5-12-22(19)20/h1-12,15,17,23H,13-14,16H2. The number of rotatable bonds is 6. The van der Waals surface area contributed by atoms with Gasteiger partial charge < -0.3 is 5.32 Å². The van der Waals surface area contributed by atoms with Gasteiger partial charge in [0.25, 0.3) is 0 Å². The van der Waals surface area contributed by atoms with E-state index >= 15 is 0 Å². The number of hydrogen-bond donors (Lipinski definition) is 1. The van der Waals surface area contributed by atoms with Crippen molar-refractivity contribution < 1.29 is 0 Å². The van der Waals surface area contributed by atoms with E-state index in [0.29, 0.717) is 0 Å². The molecule has 0 spiro atoms. The van der Waals surface area contributed by atoms with Crippen molar-refractivity contribution >= 4 is 10.8 Å². The van der Waals surface area contributed by atoms with Crippen LogP contribution in [0.15, 0.2) is 85.2 Å². The number of para-hydroxylation sites is 1. The average molecular weight is 327 g/mol. The molecule has 25 heavy (non-hydrogen) atoms. The molecule has 3 aromatic carbocycles. The van der Waals surface area contributed by atoms with Crippen LogP contribution in [0.3, 0.4) is 0 Å². The van der Waals surface area contributed by atoms with Crippen LogP contribution < -0.4 is 5.32 Å². The monoisotopic (exact) mass is 327 g/mol. The largest absolute Gasteiger partial charge is 0.312 e. The Morgan fingerprint density at radius 1 is 0.840 bits per heavy atom. The summed E-state index contributed by atoms with van der Waals surface area (Å²) < 4.78 is 1.93. The Kier molecular flexibility index (Phi) is 4.57. The van der Waals surface area contributed by atoms with Crippen LogP contribution in [0.2, 0.25) is 0 Å². The maximum atomic E-state index is 4.45. The molecule has 1 heterocycles. The van der Waals surface area contributed by atoms with Crippen LogP contribution in [0, 0.1) is 0 Å². The van der Waals surface area contributed by atoms with Crippen molar-refractivity contribution in [2.24, 2.45) is 0 Å². The topological polar surface area (TPSA) is 29.9 Å². The normalized spacial score (nSPS) is 11.0. The molecule has 124 valence electrons. The highest BCUT2D eigenvalue weighted by molar-refractivity contribution is 5.85. The molecular weight excluding hydrogens is 306 g/mol. The van der Waals surface area contributed by atoms with Crippen molar-refractivity contribution in [3.05, 3.63) is 96.3 Å². The second-order valence-electron chi connectivity index (χ2n) is 6.19. The number of nitrogens with one attached hydrogen (secondary N) is 1. The van der Waals surface area contributed by atoms with Gasteiger partial charge in [-0.2, -0.15) is 5.10 Å². The Hall–Kier alpha value is -2.91. The lowest BCUT2D eigenvalue weighted by atomic mass is 10.0. The van der Waals surface area contributed by atoms with Gasteiger partial charge in [-0.15, -0.1) is 0 Å². The summed E-state index contributed by atoms with van der Waals surface area (Å²) in [6, 6.07) is 25.2. The molecule has 3 heteroatoms. The second kappa shape index (κ2) is 7.32. The maximum Gasteiger partial charge on any atom is 0.0645 e. The average Bonchev–Trinajstić information content (AvgIpc) is 3.15. The summed E-state index contributed by atoms with van der Waals surface area (Å²) in [5.41, 5.74) is 3.69. The zero-order valence-electron chi connectivity index (χ0n) is 14.1. The molecule has 0 aliphatic rings. The van der Waals surface area contributed by atoms with E-state index in [1.807, 2.05) is 29.1 Å². The number of hydrogen-bond acceptors (Lipinski definition) is 2. The smallest absolute Gasteiger partial charge is 0.0645 e. The quantitative estimate of drug-likeness (QED) is 0.533. The lowest BCUT2D eigenvalue weighted by molar-refractivity contribution is 0.689. The fraction of sp³-hybridized carbons (Fsp3) is 0.136. The SMILES string of the molecule is c1ccc(-n2cc(CCNCc3cccc4ccccc34)cn2)cc1. The van der Waals surface area contributed by atoms with E-state index in [0.717, 1.165) is 25.2 Å². The molecular formula is C22H21N3. The third-order valence-corrected chi connectivity index (χ3v) is 4.44. The Morgan fingerprint density at radius 3 is 2.56 bits per heavy atom. The molecule has 0 radical (unpaired) electrons. The van der Waals surface area contributed by atoms with E-state index in [4.69, 9.17) is 0 Å². The van der Waals surface area contributed by atoms with E-state index in [9.17, 15) is 0 Å². The molecule has 0 aliphatic heterocycles. The van der Waals surface area contributed by atoms with Gasteiger partial charge in [-0.25, -0.2) is 4.68 Å². The fourth-order valence-corrected chi connectivity index (χ4v) is 3.11. The molecule has 1 aromatic heterocycles. The van der Waals surface area contributed by atoms with Gasteiger partial charge >= 0.3 is 0 Å². The van der Waals surface area contributed by atoms with Crippen LogP contribution in [-0.2, 0) is 13.0 Å². The van der Waals surface area contributed by atoms with Gasteiger partial charge in [0.05, 0.1) is 11.9 Å². The minimum absolute atomic E-state index is 0.883. The molecule has 0 unspecified atom stereocenters. The van der Waals surface area contributed by atoms with Crippen molar-refractivity contribution in [3.63, 3.8) is 0 Å². The summed E-state index contributed by atoms with van der Waals surface area (Å²) in [5, 5.41) is 10.6. The van der Waals surface area contributed by atoms with Gasteiger partial charge in [-0.1, -0.05) is 60.7 Å². The Balaban J connectivity index is 1.35. The molecule has 0 amide bonds. The Labute approximate surface area is 147 Å². The first kappa shape index (κ1) is 15.6. The molecule has 0 atom stereocenters. The first-order valence-electron chi connectivity index (χ1n) is 8.66. The van der Waals surface area contributed by atoms with Crippen molar-refractivity contribution in [1.82, 2.24) is 15.1 Å². The Bertz CT molecular complexity index is 952. The van der Waals surface area contributed by atoms with E-state index in [2.05, 4.69) is 71.2 Å². The Morgan fingerprint density at radius 2 is 1.64 bits per heavy atom. The summed E-state index contributed by atoms with van der Waals surface area (Å²) in [5.74, 6) is 0. The number of benzene rings is 3. The number of nitrogens with zero attached hydrogens (tertiary/aromatic N) is 2. The summed E-state index contributed by atoms with van der Waals surface area (Å²) in [4.78, 5) is 0. The van der Waals surface area contributed by atoms with Gasteiger partial charge in [0.2, 0.25) is 0 Å². The van der Waals surface area contributed by atoms with Gasteiger partial charge in [-0.05, 0) is 47.0 Å². The highest BCUT2D eigenvalue weighted by Gasteiger charge is 2.02. The highest BCUT2D eigenvalue weighted by Crippen LogP contribution is 2.18. The number of fused-ring (bicyclic) bond motifs is 1. The molecule has 0 saturated carbocycles. The van der Waals surface area contributed by atoms with Crippen LogP contribution in [0.5, 0.6) is 0 Å². The summed E-state index contributed by atoms with van der Waals surface area (Å²) in [7, 11) is 0. The highest BCUT2D eigenvalue weighted by atomic mass is 15.3. The minimum Gasteiger partial charge on any atom is -0.312 e. The van der Waals surface area contributed by atoms with E-state index in [1.54, 1.807) is 0 Å². The van der Waals surface area contributed by atoms with Crippen LogP contribution in [0.1, 0.15) is 11.1 Å². The molecule has 3 nitrogen and oxygen atoms in total. The molecule has 0 fully saturated rings. The summed E-state index contributed by atoms with van der Waals surface area (Å²) >= 11 is 0. The van der Waals surface area contributed by atoms with Crippen molar-refractivity contribution in [3.8, 4) is 5.69 Å². The van der Waals surface area contributed by atoms with Crippen molar-refractivity contribution in [1.29, 1.82) is 0 Å². The molecule has 0 saturated heterocycles. The van der Waals surface area contributed by atoms with E-state index in [-0.39, 0.29) is 0 Å². The van der Waals surface area contributed by atoms with Crippen LogP contribution >= 0.6 is 0 Å². The van der Waals surface area contributed by atoms with E-state index in [1.165, 1.54) is 21.9 Å². The molecule has 4 rings (SSSR count). The third kappa shape index (κ3) is 3.62. The third-order valence-electron chi connectivity index (χ3n) is 4.44. The zero-order valence-corrected chi connectivity index (χ0v) is 14.1. The molecule has 0 aliphatic carbocycles. The van der Waals surface area contributed by atoms with Gasteiger partial charge in [-0.3, -0.25) is 0 Å². The lowest BCUT2D eigenvalue weighted by Gasteiger charge is -2.08. The first-order chi connectivity index (χ1) is 12.4. The lowest BCUT2D eigenvalue weighted by Crippen LogP contribution is -2.16. The fourth-order valence-electron chi connectivity index (χ4n) is 3.11. The van der Waals surface area contributed by atoms with Crippen molar-refractivity contribution in [2.45, 2.75) is 13.0 Å². The van der Waals surface area contributed by atoms with Crippen LogP contribution in [0.4, 0.5) is 0 Å². The molecule has 0 bridgehead atoms. The number of aromatic nitrogens is 2. The van der Waals surface area contributed by atoms with Crippen molar-refractivity contribution in [2.75, 3.05) is 6.54 Å². The van der Waals surface area contributed by atoms with Crippen LogP contribution in [0.25, 0.3) is 16.5 Å². The molecule has 4 aromatic rings. The van der Waals surface area contributed by atoms with Gasteiger partial charge in [0, 0.05) is 12.7 Å². The van der Waals surface area contributed by atoms with Gasteiger partial charge in [0.1, 0.15) is 0 Å². The van der Waals surface area contributed by atoms with E-state index < -0.39 is 0 Å². The van der Waals surface area contributed by atoms with Gasteiger partial charge in [0.15, 0.2) is 0 Å². The summed E-state index contributed by atoms with van der Waals surface area (Å²) in [6.07, 6.45) is 5.03. The molecule has 1 N–H and O–H groups in total. The maximum absolute atomic E-state index is 4.45. The first-order valence-corrected chi connectivity index (χ1v) is 8.66. The predicted octanol–water partition coefficient (Wildman–Crippen LogP) is 4.36. The summed E-state index contributed by atoms with van der Waals surface area (Å²) in [6.45, 7) is 1.82.